The van der Waals surface area contributed by atoms with Gasteiger partial charge in [-0.25, -0.2) is 0 Å². The topological polar surface area (TPSA) is 71.2 Å². The van der Waals surface area contributed by atoms with Crippen LogP contribution < -0.4 is 16.0 Å². The fraction of sp³-hybridized carbons (Fsp3) is 0.217. The van der Waals surface area contributed by atoms with Crippen molar-refractivity contribution >= 4 is 17.2 Å². The number of nitrogens with one attached hydrogen (secondary N) is 1. The highest BCUT2D eigenvalue weighted by atomic mass is 16.1. The fourth-order valence-corrected chi connectivity index (χ4v) is 3.49. The van der Waals surface area contributed by atoms with E-state index < -0.39 is 0 Å². The van der Waals surface area contributed by atoms with Crippen LogP contribution in [0.2, 0.25) is 0 Å². The summed E-state index contributed by atoms with van der Waals surface area (Å²) in [5.74, 6) is -0.0243. The van der Waals surface area contributed by atoms with Crippen LogP contribution in [0.1, 0.15) is 16.1 Å². The van der Waals surface area contributed by atoms with Crippen molar-refractivity contribution in [3.63, 3.8) is 0 Å². The van der Waals surface area contributed by atoms with E-state index in [1.54, 1.807) is 6.20 Å². The Morgan fingerprint density at radius 1 is 1.00 bits per heavy atom. The first-order chi connectivity index (χ1) is 13.7. The molecule has 142 valence electrons. The van der Waals surface area contributed by atoms with Gasteiger partial charge in [-0.05, 0) is 41.0 Å². The van der Waals surface area contributed by atoms with Crippen molar-refractivity contribution in [1.29, 1.82) is 0 Å². The summed E-state index contributed by atoms with van der Waals surface area (Å²) in [6.45, 7) is 3.85. The van der Waals surface area contributed by atoms with Gasteiger partial charge in [-0.2, -0.15) is 0 Å². The average Bonchev–Trinajstić information content (AvgIpc) is 2.76. The van der Waals surface area contributed by atoms with E-state index in [-0.39, 0.29) is 12.2 Å². The number of rotatable bonds is 5. The number of Topliss-reactive ketones (excluding diaryl/α,β-unsaturated/α-hetero) is 1. The number of nitrogen functional groups attached to an aromatic ring is 1. The molecule has 0 saturated carbocycles. The van der Waals surface area contributed by atoms with Gasteiger partial charge in [0, 0.05) is 38.3 Å². The highest BCUT2D eigenvalue weighted by Gasteiger charge is 2.14. The molecule has 1 aliphatic heterocycles. The summed E-state index contributed by atoms with van der Waals surface area (Å²) in [6.07, 6.45) is 2.04. The van der Waals surface area contributed by atoms with Gasteiger partial charge in [0.15, 0.2) is 5.78 Å². The number of anilines is 2. The molecule has 3 N–H and O–H groups in total. The smallest absolute Gasteiger partial charge is 0.185 e. The Balaban J connectivity index is 1.50. The SMILES string of the molecule is Nc1ccc(-c2ccccc2)cc1CC(=O)c1ccc(N2CCNCC2)cn1. The molecule has 0 bridgehead atoms. The molecular weight excluding hydrogens is 348 g/mol. The molecule has 5 nitrogen and oxygen atoms in total. The predicted octanol–water partition coefficient (Wildman–Crippen LogP) is 3.17. The molecule has 4 rings (SSSR count). The van der Waals surface area contributed by atoms with Crippen LogP contribution in [-0.2, 0) is 6.42 Å². The monoisotopic (exact) mass is 372 g/mol. The van der Waals surface area contributed by atoms with Crippen LogP contribution >= 0.6 is 0 Å². The highest BCUT2D eigenvalue weighted by Crippen LogP contribution is 2.25. The molecule has 0 radical (unpaired) electrons. The van der Waals surface area contributed by atoms with Gasteiger partial charge in [0.1, 0.15) is 5.69 Å². The summed E-state index contributed by atoms with van der Waals surface area (Å²) in [7, 11) is 0. The van der Waals surface area contributed by atoms with E-state index in [4.69, 9.17) is 5.73 Å². The number of piperazine rings is 1. The minimum absolute atomic E-state index is 0.0243. The van der Waals surface area contributed by atoms with Crippen molar-refractivity contribution in [1.82, 2.24) is 10.3 Å². The third-order valence-electron chi connectivity index (χ3n) is 5.12. The third kappa shape index (κ3) is 4.05. The molecule has 2 heterocycles. The summed E-state index contributed by atoms with van der Waals surface area (Å²) in [4.78, 5) is 19.4. The van der Waals surface area contributed by atoms with Crippen LogP contribution in [0.4, 0.5) is 11.4 Å². The Hall–Kier alpha value is -3.18. The molecule has 5 heteroatoms. The van der Waals surface area contributed by atoms with Crippen LogP contribution in [0.25, 0.3) is 11.1 Å². The van der Waals surface area contributed by atoms with E-state index in [0.29, 0.717) is 11.4 Å². The Kier molecular flexibility index (Phi) is 5.35. The molecule has 28 heavy (non-hydrogen) atoms. The third-order valence-corrected chi connectivity index (χ3v) is 5.12. The molecule has 3 aromatic rings. The molecule has 0 aliphatic carbocycles. The standard InChI is InChI=1S/C23H24N4O/c24-21-8-6-18(17-4-2-1-3-5-17)14-19(21)15-23(28)22-9-7-20(16-26-22)27-12-10-25-11-13-27/h1-9,14,16,25H,10-13,15,24H2. The van der Waals surface area contributed by atoms with Crippen LogP contribution in [0.3, 0.4) is 0 Å². The lowest BCUT2D eigenvalue weighted by molar-refractivity contribution is 0.0988. The molecule has 0 unspecified atom stereocenters. The molecular formula is C23H24N4O. The number of nitrogens with two attached hydrogens (primary N) is 1. The van der Waals surface area contributed by atoms with E-state index >= 15 is 0 Å². The Bertz CT molecular complexity index is 948. The van der Waals surface area contributed by atoms with E-state index in [1.165, 1.54) is 0 Å². The molecule has 1 fully saturated rings. The zero-order chi connectivity index (χ0) is 19.3. The lowest BCUT2D eigenvalue weighted by Crippen LogP contribution is -2.43. The van der Waals surface area contributed by atoms with E-state index in [2.05, 4.69) is 15.2 Å². The maximum Gasteiger partial charge on any atom is 0.185 e. The normalized spacial score (nSPS) is 14.1. The number of pyridine rings is 1. The molecule has 1 aromatic heterocycles. The van der Waals surface area contributed by atoms with Gasteiger partial charge < -0.3 is 16.0 Å². The molecule has 2 aromatic carbocycles. The second kappa shape index (κ2) is 8.23. The van der Waals surface area contributed by atoms with Gasteiger partial charge in [0.05, 0.1) is 11.9 Å². The second-order valence-electron chi connectivity index (χ2n) is 7.02. The maximum atomic E-state index is 12.8. The Morgan fingerprint density at radius 3 is 2.50 bits per heavy atom. The van der Waals surface area contributed by atoms with Gasteiger partial charge in [-0.3, -0.25) is 9.78 Å². The Morgan fingerprint density at radius 2 is 1.79 bits per heavy atom. The van der Waals surface area contributed by atoms with Crippen molar-refractivity contribution in [2.75, 3.05) is 36.8 Å². The van der Waals surface area contributed by atoms with Crippen LogP contribution in [-0.4, -0.2) is 36.9 Å². The van der Waals surface area contributed by atoms with Crippen molar-refractivity contribution < 1.29 is 4.79 Å². The first-order valence-electron chi connectivity index (χ1n) is 9.59. The lowest BCUT2D eigenvalue weighted by Gasteiger charge is -2.29. The molecule has 1 saturated heterocycles. The number of nitrogens with zero attached hydrogens (tertiary/aromatic N) is 2. The average molecular weight is 372 g/mol. The zero-order valence-corrected chi connectivity index (χ0v) is 15.8. The summed E-state index contributed by atoms with van der Waals surface area (Å²) >= 11 is 0. The summed E-state index contributed by atoms with van der Waals surface area (Å²) < 4.78 is 0. The number of carbonyl (C=O) groups is 1. The molecule has 0 amide bonds. The first kappa shape index (κ1) is 18.2. The van der Waals surface area contributed by atoms with E-state index in [9.17, 15) is 4.79 Å². The molecule has 0 atom stereocenters. The molecule has 0 spiro atoms. The van der Waals surface area contributed by atoms with Gasteiger partial charge in [0.25, 0.3) is 0 Å². The largest absolute Gasteiger partial charge is 0.398 e. The minimum Gasteiger partial charge on any atom is -0.398 e. The van der Waals surface area contributed by atoms with E-state index in [0.717, 1.165) is 48.6 Å². The van der Waals surface area contributed by atoms with Crippen molar-refractivity contribution in [2.45, 2.75) is 6.42 Å². The number of aromatic nitrogens is 1. The second-order valence-corrected chi connectivity index (χ2v) is 7.02. The van der Waals surface area contributed by atoms with Gasteiger partial charge in [-0.15, -0.1) is 0 Å². The number of benzene rings is 2. The van der Waals surface area contributed by atoms with Crippen LogP contribution in [0, 0.1) is 0 Å². The van der Waals surface area contributed by atoms with Crippen molar-refractivity contribution in [2.24, 2.45) is 0 Å². The number of hydrogen-bond acceptors (Lipinski definition) is 5. The number of ketones is 1. The first-order valence-corrected chi connectivity index (χ1v) is 9.59. The zero-order valence-electron chi connectivity index (χ0n) is 15.8. The number of hydrogen-bond donors (Lipinski definition) is 2. The minimum atomic E-state index is -0.0243. The maximum absolute atomic E-state index is 12.8. The summed E-state index contributed by atoms with van der Waals surface area (Å²) in [6, 6.07) is 19.7. The van der Waals surface area contributed by atoms with Gasteiger partial charge in [0.2, 0.25) is 0 Å². The summed E-state index contributed by atoms with van der Waals surface area (Å²) in [5, 5.41) is 3.33. The van der Waals surface area contributed by atoms with Crippen molar-refractivity contribution in [3.8, 4) is 11.1 Å². The highest BCUT2D eigenvalue weighted by molar-refractivity contribution is 5.96. The predicted molar refractivity (Wildman–Crippen MR) is 114 cm³/mol. The van der Waals surface area contributed by atoms with Crippen molar-refractivity contribution in [3.05, 3.63) is 78.1 Å². The number of carbonyl (C=O) groups excluding carboxylic acids is 1. The van der Waals surface area contributed by atoms with Gasteiger partial charge in [-0.1, -0.05) is 36.4 Å². The lowest BCUT2D eigenvalue weighted by atomic mass is 9.98. The fourth-order valence-electron chi connectivity index (χ4n) is 3.49. The van der Waals surface area contributed by atoms with Crippen LogP contribution in [0.5, 0.6) is 0 Å². The quantitative estimate of drug-likeness (QED) is 0.532. The molecule has 1 aliphatic rings. The summed E-state index contributed by atoms with van der Waals surface area (Å²) in [5.41, 5.74) is 11.3. The van der Waals surface area contributed by atoms with Gasteiger partial charge >= 0.3 is 0 Å². The van der Waals surface area contributed by atoms with Crippen LogP contribution in [0.15, 0.2) is 66.9 Å². The van der Waals surface area contributed by atoms with E-state index in [1.807, 2.05) is 60.7 Å². The Labute approximate surface area is 165 Å².